The van der Waals surface area contributed by atoms with E-state index in [1.807, 2.05) is 20.8 Å². The van der Waals surface area contributed by atoms with Crippen molar-refractivity contribution in [2.24, 2.45) is 11.1 Å². The Balaban J connectivity index is 2.84. The summed E-state index contributed by atoms with van der Waals surface area (Å²) in [6, 6.07) is -1.20. The third-order valence-corrected chi connectivity index (χ3v) is 3.16. The summed E-state index contributed by atoms with van der Waals surface area (Å²) >= 11 is 0. The summed E-state index contributed by atoms with van der Waals surface area (Å²) in [5.41, 5.74) is 5.63. The molecule has 1 rings (SSSR count). The maximum atomic E-state index is 12.3. The minimum absolute atomic E-state index is 0.195. The van der Waals surface area contributed by atoms with E-state index in [4.69, 9.17) is 10.5 Å². The second-order valence-electron chi connectivity index (χ2n) is 5.58. The standard InChI is InChI=1S/C12H23N3O3/c1-12(2,3)9(13)11(17)15-5-6-18-7-8(15)10(16)14-4/h8-9H,5-7,13H2,1-4H3,(H,14,16). The van der Waals surface area contributed by atoms with Crippen molar-refractivity contribution in [2.75, 3.05) is 26.8 Å². The van der Waals surface area contributed by atoms with Crippen LogP contribution in [-0.4, -0.2) is 55.6 Å². The molecule has 1 heterocycles. The number of rotatable bonds is 2. The molecule has 2 unspecified atom stereocenters. The van der Waals surface area contributed by atoms with Gasteiger partial charge in [0, 0.05) is 13.6 Å². The average Bonchev–Trinajstić information content (AvgIpc) is 2.35. The van der Waals surface area contributed by atoms with Crippen molar-refractivity contribution in [3.8, 4) is 0 Å². The molecule has 6 nitrogen and oxygen atoms in total. The van der Waals surface area contributed by atoms with Gasteiger partial charge in [-0.1, -0.05) is 20.8 Å². The molecule has 0 aromatic rings. The molecule has 104 valence electrons. The van der Waals surface area contributed by atoms with Crippen molar-refractivity contribution in [2.45, 2.75) is 32.9 Å². The van der Waals surface area contributed by atoms with Gasteiger partial charge in [-0.15, -0.1) is 0 Å². The Morgan fingerprint density at radius 1 is 1.44 bits per heavy atom. The lowest BCUT2D eigenvalue weighted by atomic mass is 9.86. The first-order valence-corrected chi connectivity index (χ1v) is 6.14. The monoisotopic (exact) mass is 257 g/mol. The van der Waals surface area contributed by atoms with E-state index in [0.29, 0.717) is 13.2 Å². The van der Waals surface area contributed by atoms with Crippen LogP contribution in [0.2, 0.25) is 0 Å². The van der Waals surface area contributed by atoms with Crippen LogP contribution in [0.4, 0.5) is 0 Å². The molecule has 0 bridgehead atoms. The molecule has 0 aromatic carbocycles. The lowest BCUT2D eigenvalue weighted by molar-refractivity contribution is -0.150. The van der Waals surface area contributed by atoms with E-state index in [9.17, 15) is 9.59 Å². The molecule has 0 radical (unpaired) electrons. The van der Waals surface area contributed by atoms with Gasteiger partial charge >= 0.3 is 0 Å². The zero-order chi connectivity index (χ0) is 13.9. The average molecular weight is 257 g/mol. The number of hydrogen-bond acceptors (Lipinski definition) is 4. The number of hydrogen-bond donors (Lipinski definition) is 2. The van der Waals surface area contributed by atoms with Crippen molar-refractivity contribution in [1.29, 1.82) is 0 Å². The molecule has 0 saturated carbocycles. The summed E-state index contributed by atoms with van der Waals surface area (Å²) < 4.78 is 5.26. The second kappa shape index (κ2) is 5.67. The number of amides is 2. The first-order valence-electron chi connectivity index (χ1n) is 6.14. The van der Waals surface area contributed by atoms with E-state index in [-0.39, 0.29) is 23.8 Å². The van der Waals surface area contributed by atoms with E-state index in [2.05, 4.69) is 5.32 Å². The van der Waals surface area contributed by atoms with Gasteiger partial charge in [0.25, 0.3) is 0 Å². The third-order valence-electron chi connectivity index (χ3n) is 3.16. The van der Waals surface area contributed by atoms with Crippen molar-refractivity contribution >= 4 is 11.8 Å². The molecule has 1 aliphatic rings. The first kappa shape index (κ1) is 14.9. The van der Waals surface area contributed by atoms with E-state index < -0.39 is 12.1 Å². The van der Waals surface area contributed by atoms with Gasteiger partial charge in [-0.2, -0.15) is 0 Å². The molecular formula is C12H23N3O3. The number of likely N-dealkylation sites (N-methyl/N-ethyl adjacent to an activating group) is 1. The van der Waals surface area contributed by atoms with Gasteiger partial charge < -0.3 is 20.7 Å². The fourth-order valence-corrected chi connectivity index (χ4v) is 1.80. The smallest absolute Gasteiger partial charge is 0.244 e. The number of nitrogens with zero attached hydrogens (tertiary/aromatic N) is 1. The minimum atomic E-state index is -0.622. The zero-order valence-corrected chi connectivity index (χ0v) is 11.5. The minimum Gasteiger partial charge on any atom is -0.377 e. The molecule has 2 amide bonds. The Labute approximate surface area is 108 Å². The number of carbonyl (C=O) groups excluding carboxylic acids is 2. The largest absolute Gasteiger partial charge is 0.377 e. The highest BCUT2D eigenvalue weighted by Crippen LogP contribution is 2.21. The van der Waals surface area contributed by atoms with Crippen LogP contribution in [0, 0.1) is 5.41 Å². The van der Waals surface area contributed by atoms with Crippen molar-refractivity contribution in [3.63, 3.8) is 0 Å². The highest BCUT2D eigenvalue weighted by molar-refractivity contribution is 5.90. The topological polar surface area (TPSA) is 84.7 Å². The molecule has 2 atom stereocenters. The molecule has 0 aliphatic carbocycles. The van der Waals surface area contributed by atoms with Crippen LogP contribution in [-0.2, 0) is 14.3 Å². The Bertz CT molecular complexity index is 325. The second-order valence-corrected chi connectivity index (χ2v) is 5.58. The Morgan fingerprint density at radius 2 is 2.06 bits per heavy atom. The van der Waals surface area contributed by atoms with Crippen LogP contribution in [0.15, 0.2) is 0 Å². The summed E-state index contributed by atoms with van der Waals surface area (Å²) in [7, 11) is 1.54. The van der Waals surface area contributed by atoms with Crippen LogP contribution < -0.4 is 11.1 Å². The maximum Gasteiger partial charge on any atom is 0.244 e. The molecule has 6 heteroatoms. The molecule has 1 fully saturated rings. The predicted molar refractivity (Wildman–Crippen MR) is 67.8 cm³/mol. The maximum absolute atomic E-state index is 12.3. The summed E-state index contributed by atoms with van der Waals surface area (Å²) in [4.78, 5) is 25.6. The van der Waals surface area contributed by atoms with Gasteiger partial charge in [0.05, 0.1) is 19.3 Å². The third kappa shape index (κ3) is 3.20. The molecule has 18 heavy (non-hydrogen) atoms. The van der Waals surface area contributed by atoms with Gasteiger partial charge in [-0.25, -0.2) is 0 Å². The SMILES string of the molecule is CNC(=O)C1COCCN1C(=O)C(N)C(C)(C)C. The quantitative estimate of drug-likeness (QED) is 0.687. The van der Waals surface area contributed by atoms with Crippen molar-refractivity contribution < 1.29 is 14.3 Å². The summed E-state index contributed by atoms with van der Waals surface area (Å²) in [5, 5.41) is 2.54. The lowest BCUT2D eigenvalue weighted by Crippen LogP contribution is -2.60. The van der Waals surface area contributed by atoms with Gasteiger partial charge in [-0.3, -0.25) is 9.59 Å². The van der Waals surface area contributed by atoms with Crippen LogP contribution in [0.25, 0.3) is 0 Å². The Hall–Kier alpha value is -1.14. The first-order chi connectivity index (χ1) is 8.29. The number of morpholine rings is 1. The Kier molecular flexibility index (Phi) is 4.70. The fraction of sp³-hybridized carbons (Fsp3) is 0.833. The van der Waals surface area contributed by atoms with E-state index in [1.165, 1.54) is 4.90 Å². The normalized spacial score (nSPS) is 22.5. The fourth-order valence-electron chi connectivity index (χ4n) is 1.80. The lowest BCUT2D eigenvalue weighted by Gasteiger charge is -2.38. The number of ether oxygens (including phenoxy) is 1. The van der Waals surface area contributed by atoms with Gasteiger partial charge in [0.2, 0.25) is 11.8 Å². The number of carbonyl (C=O) groups is 2. The zero-order valence-electron chi connectivity index (χ0n) is 11.5. The van der Waals surface area contributed by atoms with Gasteiger partial charge in [0.1, 0.15) is 6.04 Å². The van der Waals surface area contributed by atoms with E-state index in [1.54, 1.807) is 7.05 Å². The van der Waals surface area contributed by atoms with Crippen LogP contribution in [0.5, 0.6) is 0 Å². The summed E-state index contributed by atoms with van der Waals surface area (Å²) in [5.74, 6) is -0.413. The van der Waals surface area contributed by atoms with Crippen LogP contribution >= 0.6 is 0 Å². The van der Waals surface area contributed by atoms with Gasteiger partial charge in [0.15, 0.2) is 0 Å². The van der Waals surface area contributed by atoms with Crippen molar-refractivity contribution in [3.05, 3.63) is 0 Å². The summed E-state index contributed by atoms with van der Waals surface area (Å²) in [6.07, 6.45) is 0. The van der Waals surface area contributed by atoms with Gasteiger partial charge in [-0.05, 0) is 5.41 Å². The molecule has 0 spiro atoms. The number of nitrogens with one attached hydrogen (secondary N) is 1. The highest BCUT2D eigenvalue weighted by atomic mass is 16.5. The predicted octanol–water partition coefficient (Wildman–Crippen LogP) is -0.667. The molecule has 1 aliphatic heterocycles. The van der Waals surface area contributed by atoms with E-state index >= 15 is 0 Å². The number of nitrogens with two attached hydrogens (primary N) is 1. The van der Waals surface area contributed by atoms with Crippen LogP contribution in [0.1, 0.15) is 20.8 Å². The van der Waals surface area contributed by atoms with Crippen LogP contribution in [0.3, 0.4) is 0 Å². The van der Waals surface area contributed by atoms with Crippen molar-refractivity contribution in [1.82, 2.24) is 10.2 Å². The molecule has 0 aromatic heterocycles. The Morgan fingerprint density at radius 3 is 2.56 bits per heavy atom. The summed E-state index contributed by atoms with van der Waals surface area (Å²) in [6.45, 7) is 6.79. The molecule has 3 N–H and O–H groups in total. The highest BCUT2D eigenvalue weighted by Gasteiger charge is 2.38. The molecule has 1 saturated heterocycles. The molecular weight excluding hydrogens is 234 g/mol. The van der Waals surface area contributed by atoms with E-state index in [0.717, 1.165) is 0 Å².